The van der Waals surface area contributed by atoms with E-state index in [2.05, 4.69) is 26.6 Å². The van der Waals surface area contributed by atoms with Gasteiger partial charge < -0.3 is 21.1 Å². The van der Waals surface area contributed by atoms with Crippen LogP contribution in [0.25, 0.3) is 0 Å². The van der Waals surface area contributed by atoms with Gasteiger partial charge in [-0.25, -0.2) is 4.79 Å². The predicted molar refractivity (Wildman–Crippen MR) is 95.8 cm³/mol. The quantitative estimate of drug-likeness (QED) is 0.705. The van der Waals surface area contributed by atoms with Crippen LogP contribution < -0.4 is 21.1 Å². The highest BCUT2D eigenvalue weighted by molar-refractivity contribution is 9.10. The van der Waals surface area contributed by atoms with E-state index in [0.717, 1.165) is 10.0 Å². The molecular formula is C17H18BrN3O3. The third-order valence-corrected chi connectivity index (χ3v) is 3.86. The Bertz CT molecular complexity index is 719. The maximum Gasteiger partial charge on any atom is 0.312 e. The third kappa shape index (κ3) is 5.27. The molecule has 0 aromatic heterocycles. The molecule has 2 aromatic carbocycles. The second-order valence-corrected chi connectivity index (χ2v) is 6.01. The number of ether oxygens (including phenoxy) is 1. The van der Waals surface area contributed by atoms with Crippen LogP contribution >= 0.6 is 15.9 Å². The highest BCUT2D eigenvalue weighted by Crippen LogP contribution is 2.21. The average molecular weight is 392 g/mol. The number of methoxy groups -OCH3 is 1. The van der Waals surface area contributed by atoms with Gasteiger partial charge in [-0.3, -0.25) is 4.79 Å². The molecule has 1 atom stereocenters. The minimum atomic E-state index is -0.683. The van der Waals surface area contributed by atoms with E-state index in [4.69, 9.17) is 10.5 Å². The zero-order valence-electron chi connectivity index (χ0n) is 13.1. The molecule has 0 unspecified atom stereocenters. The number of rotatable bonds is 6. The molecule has 0 aliphatic carbocycles. The molecular weight excluding hydrogens is 374 g/mol. The fraction of sp³-hybridized carbons (Fsp3) is 0.176. The topological polar surface area (TPSA) is 93.4 Å². The van der Waals surface area contributed by atoms with Crippen LogP contribution in [0, 0.1) is 0 Å². The Kier molecular flexibility index (Phi) is 6.20. The molecule has 0 bridgehead atoms. The lowest BCUT2D eigenvalue weighted by Gasteiger charge is -2.18. The minimum Gasteiger partial charge on any atom is -0.497 e. The van der Waals surface area contributed by atoms with Gasteiger partial charge in [0.25, 0.3) is 0 Å². The van der Waals surface area contributed by atoms with Crippen molar-refractivity contribution in [1.29, 1.82) is 0 Å². The van der Waals surface area contributed by atoms with E-state index in [-0.39, 0.29) is 12.3 Å². The number of carbonyl (C=O) groups excluding carboxylic acids is 2. The van der Waals surface area contributed by atoms with Gasteiger partial charge in [0.1, 0.15) is 5.75 Å². The summed E-state index contributed by atoms with van der Waals surface area (Å²) < 4.78 is 6.03. The Morgan fingerprint density at radius 2 is 1.92 bits per heavy atom. The average Bonchev–Trinajstić information content (AvgIpc) is 2.54. The molecule has 2 aromatic rings. The highest BCUT2D eigenvalue weighted by Gasteiger charge is 2.17. The number of carbonyl (C=O) groups is 2. The number of anilines is 1. The molecule has 24 heavy (non-hydrogen) atoms. The summed E-state index contributed by atoms with van der Waals surface area (Å²) in [5.41, 5.74) is 6.63. The zero-order chi connectivity index (χ0) is 17.5. The number of hydrogen-bond donors (Lipinski definition) is 3. The Balaban J connectivity index is 2.08. The van der Waals surface area contributed by atoms with Crippen LogP contribution in [0.3, 0.4) is 0 Å². The second kappa shape index (κ2) is 8.35. The maximum atomic E-state index is 12.3. The van der Waals surface area contributed by atoms with Crippen molar-refractivity contribution in [1.82, 2.24) is 5.32 Å². The summed E-state index contributed by atoms with van der Waals surface area (Å²) in [6.45, 7) is 0. The van der Waals surface area contributed by atoms with E-state index in [1.165, 1.54) is 0 Å². The molecule has 126 valence electrons. The van der Waals surface area contributed by atoms with Crippen LogP contribution in [-0.4, -0.2) is 19.0 Å². The monoisotopic (exact) mass is 391 g/mol. The van der Waals surface area contributed by atoms with Crippen molar-refractivity contribution in [2.45, 2.75) is 12.5 Å². The molecule has 0 aliphatic heterocycles. The van der Waals surface area contributed by atoms with Gasteiger partial charge in [0, 0.05) is 16.2 Å². The largest absolute Gasteiger partial charge is 0.497 e. The molecule has 0 saturated carbocycles. The molecule has 0 heterocycles. The van der Waals surface area contributed by atoms with Crippen LogP contribution in [0.5, 0.6) is 5.75 Å². The molecule has 0 spiro atoms. The summed E-state index contributed by atoms with van der Waals surface area (Å²) >= 11 is 3.35. The number of nitrogens with two attached hydrogens (primary N) is 1. The molecule has 0 fully saturated rings. The Labute approximate surface area is 148 Å². The highest BCUT2D eigenvalue weighted by atomic mass is 79.9. The van der Waals surface area contributed by atoms with E-state index in [1.54, 1.807) is 31.4 Å². The maximum absolute atomic E-state index is 12.3. The van der Waals surface area contributed by atoms with Gasteiger partial charge in [0.05, 0.1) is 19.6 Å². The summed E-state index contributed by atoms with van der Waals surface area (Å²) in [5, 5.41) is 5.37. The summed E-state index contributed by atoms with van der Waals surface area (Å²) in [5.74, 6) is 0.400. The van der Waals surface area contributed by atoms with Crippen molar-refractivity contribution in [3.63, 3.8) is 0 Å². The molecule has 3 amide bonds. The van der Waals surface area contributed by atoms with E-state index < -0.39 is 12.1 Å². The van der Waals surface area contributed by atoms with Gasteiger partial charge >= 0.3 is 6.03 Å². The van der Waals surface area contributed by atoms with Crippen molar-refractivity contribution in [3.8, 4) is 5.75 Å². The van der Waals surface area contributed by atoms with Crippen LogP contribution in [0.2, 0.25) is 0 Å². The molecule has 6 nitrogen and oxygen atoms in total. The Hall–Kier alpha value is -2.54. The number of urea groups is 1. The van der Waals surface area contributed by atoms with Gasteiger partial charge in [0.15, 0.2) is 0 Å². The minimum absolute atomic E-state index is 0.0573. The summed E-state index contributed by atoms with van der Waals surface area (Å²) in [7, 11) is 1.56. The lowest BCUT2D eigenvalue weighted by molar-refractivity contribution is -0.116. The number of nitrogens with one attached hydrogen (secondary N) is 2. The fourth-order valence-electron chi connectivity index (χ4n) is 2.22. The van der Waals surface area contributed by atoms with Gasteiger partial charge in [-0.05, 0) is 29.8 Å². The van der Waals surface area contributed by atoms with Crippen molar-refractivity contribution in [2.24, 2.45) is 5.73 Å². The Morgan fingerprint density at radius 1 is 1.21 bits per heavy atom. The van der Waals surface area contributed by atoms with Crippen LogP contribution in [0.1, 0.15) is 18.0 Å². The van der Waals surface area contributed by atoms with Crippen LogP contribution in [-0.2, 0) is 4.79 Å². The number of amides is 3. The molecule has 4 N–H and O–H groups in total. The van der Waals surface area contributed by atoms with Gasteiger partial charge in [-0.2, -0.15) is 0 Å². The van der Waals surface area contributed by atoms with Crippen LogP contribution in [0.4, 0.5) is 10.5 Å². The molecule has 0 aliphatic rings. The number of primary amides is 1. The van der Waals surface area contributed by atoms with E-state index in [1.807, 2.05) is 24.3 Å². The second-order valence-electron chi connectivity index (χ2n) is 5.10. The fourth-order valence-corrected chi connectivity index (χ4v) is 2.48. The summed E-state index contributed by atoms with van der Waals surface area (Å²) in [4.78, 5) is 23.5. The molecule has 2 rings (SSSR count). The van der Waals surface area contributed by atoms with Crippen LogP contribution in [0.15, 0.2) is 53.0 Å². The predicted octanol–water partition coefficient (Wildman–Crippen LogP) is 3.20. The van der Waals surface area contributed by atoms with Gasteiger partial charge in [-0.1, -0.05) is 34.1 Å². The van der Waals surface area contributed by atoms with Crippen molar-refractivity contribution >= 4 is 33.6 Å². The van der Waals surface area contributed by atoms with E-state index in [0.29, 0.717) is 11.4 Å². The summed E-state index contributed by atoms with van der Waals surface area (Å²) in [6, 6.07) is 13.2. The van der Waals surface area contributed by atoms with E-state index >= 15 is 0 Å². The first-order valence-electron chi connectivity index (χ1n) is 7.23. The normalized spacial score (nSPS) is 11.4. The molecule has 0 radical (unpaired) electrons. The van der Waals surface area contributed by atoms with Gasteiger partial charge in [-0.15, -0.1) is 0 Å². The van der Waals surface area contributed by atoms with Crippen molar-refractivity contribution in [2.75, 3.05) is 12.4 Å². The summed E-state index contributed by atoms with van der Waals surface area (Å²) in [6.07, 6.45) is 0.0573. The standard InChI is InChI=1S/C17H18BrN3O3/c1-24-14-4-2-3-13(9-14)20-16(22)10-15(21-17(19)23)11-5-7-12(18)8-6-11/h2-9,15H,10H2,1H3,(H,20,22)(H3,19,21,23)/t15-/m1/s1. The lowest BCUT2D eigenvalue weighted by atomic mass is 10.0. The zero-order valence-corrected chi connectivity index (χ0v) is 14.7. The SMILES string of the molecule is COc1cccc(NC(=O)C[C@@H](NC(N)=O)c2ccc(Br)cc2)c1. The van der Waals surface area contributed by atoms with Crippen molar-refractivity contribution in [3.05, 3.63) is 58.6 Å². The first-order chi connectivity index (χ1) is 11.5. The third-order valence-electron chi connectivity index (χ3n) is 3.33. The Morgan fingerprint density at radius 3 is 2.54 bits per heavy atom. The first-order valence-corrected chi connectivity index (χ1v) is 8.02. The molecule has 7 heteroatoms. The number of halogens is 1. The van der Waals surface area contributed by atoms with E-state index in [9.17, 15) is 9.59 Å². The smallest absolute Gasteiger partial charge is 0.312 e. The lowest BCUT2D eigenvalue weighted by Crippen LogP contribution is -2.35. The number of hydrogen-bond acceptors (Lipinski definition) is 3. The molecule has 0 saturated heterocycles. The number of benzene rings is 2. The first kappa shape index (κ1) is 17.8. The van der Waals surface area contributed by atoms with Crippen molar-refractivity contribution < 1.29 is 14.3 Å². The van der Waals surface area contributed by atoms with Gasteiger partial charge in [0.2, 0.25) is 5.91 Å².